The normalized spacial score (nSPS) is 15.9. The molecule has 3 amide bonds. The van der Waals surface area contributed by atoms with E-state index >= 15 is 0 Å². The molecule has 0 bridgehead atoms. The smallest absolute Gasteiger partial charge is 0.324 e. The zero-order valence-corrected chi connectivity index (χ0v) is 10.0. The highest BCUT2D eigenvalue weighted by Crippen LogP contribution is 2.11. The van der Waals surface area contributed by atoms with Crippen LogP contribution >= 0.6 is 11.6 Å². The molecule has 1 aromatic carbocycles. The van der Waals surface area contributed by atoms with Gasteiger partial charge in [-0.25, -0.2) is 4.79 Å². The van der Waals surface area contributed by atoms with Crippen LogP contribution in [0.4, 0.5) is 4.79 Å². The summed E-state index contributed by atoms with van der Waals surface area (Å²) in [6.07, 6.45) is 1.14. The van der Waals surface area contributed by atoms with E-state index in [4.69, 9.17) is 11.6 Å². The number of hydrogen-bond acceptors (Lipinski definition) is 2. The summed E-state index contributed by atoms with van der Waals surface area (Å²) in [5, 5.41) is 3.01. The number of halogens is 1. The third kappa shape index (κ3) is 3.20. The maximum Gasteiger partial charge on any atom is 0.324 e. The van der Waals surface area contributed by atoms with Crippen molar-refractivity contribution in [1.82, 2.24) is 10.2 Å². The molecule has 90 valence electrons. The molecule has 17 heavy (non-hydrogen) atoms. The molecular weight excluding hydrogens is 240 g/mol. The highest BCUT2D eigenvalue weighted by Gasteiger charge is 2.22. The lowest BCUT2D eigenvalue weighted by molar-refractivity contribution is -0.121. The van der Waals surface area contributed by atoms with Gasteiger partial charge >= 0.3 is 6.03 Å². The first-order chi connectivity index (χ1) is 8.15. The lowest BCUT2D eigenvalue weighted by Crippen LogP contribution is -2.49. The van der Waals surface area contributed by atoms with Crippen LogP contribution < -0.4 is 5.32 Å². The summed E-state index contributed by atoms with van der Waals surface area (Å²) in [5.74, 6) is -0.197. The van der Waals surface area contributed by atoms with E-state index in [1.807, 2.05) is 24.3 Å². The van der Waals surface area contributed by atoms with Gasteiger partial charge in [-0.15, -0.1) is 0 Å². The molecule has 0 atom stereocenters. The van der Waals surface area contributed by atoms with E-state index in [0.717, 1.165) is 12.0 Å². The minimum Gasteiger partial charge on any atom is -0.324 e. The van der Waals surface area contributed by atoms with Crippen molar-refractivity contribution in [3.63, 3.8) is 0 Å². The van der Waals surface area contributed by atoms with Crippen molar-refractivity contribution < 1.29 is 9.59 Å². The first-order valence-electron chi connectivity index (χ1n) is 5.48. The SMILES string of the molecule is O=C1CCN(CCc2ccc(Cl)cc2)C(=O)N1. The standard InChI is InChI=1S/C12H13ClN2O2/c13-10-3-1-9(2-4-10)5-7-15-8-6-11(16)14-12(15)17/h1-4H,5-8H2,(H,14,16,17). The molecule has 1 N–H and O–H groups in total. The van der Waals surface area contributed by atoms with Crippen molar-refractivity contribution in [2.75, 3.05) is 13.1 Å². The minimum atomic E-state index is -0.296. The van der Waals surface area contributed by atoms with Crippen LogP contribution in [0.3, 0.4) is 0 Å². The summed E-state index contributed by atoms with van der Waals surface area (Å²) in [7, 11) is 0. The average molecular weight is 253 g/mol. The largest absolute Gasteiger partial charge is 0.324 e. The quantitative estimate of drug-likeness (QED) is 0.892. The molecule has 1 fully saturated rings. The summed E-state index contributed by atoms with van der Waals surface area (Å²) < 4.78 is 0. The van der Waals surface area contributed by atoms with Crippen LogP contribution in [-0.2, 0) is 11.2 Å². The predicted octanol–water partition coefficient (Wildman–Crippen LogP) is 1.82. The molecule has 1 saturated heterocycles. The number of benzene rings is 1. The van der Waals surface area contributed by atoms with E-state index < -0.39 is 0 Å². The second-order valence-corrected chi connectivity index (χ2v) is 4.40. The Balaban J connectivity index is 1.88. The predicted molar refractivity (Wildman–Crippen MR) is 64.9 cm³/mol. The van der Waals surface area contributed by atoms with Crippen molar-refractivity contribution in [1.29, 1.82) is 0 Å². The fourth-order valence-corrected chi connectivity index (χ4v) is 1.85. The second kappa shape index (κ2) is 5.19. The maximum atomic E-state index is 11.5. The Labute approximate surface area is 105 Å². The van der Waals surface area contributed by atoms with Crippen LogP contribution in [0.25, 0.3) is 0 Å². The maximum absolute atomic E-state index is 11.5. The highest BCUT2D eigenvalue weighted by atomic mass is 35.5. The summed E-state index contributed by atoms with van der Waals surface area (Å²) >= 11 is 5.79. The van der Waals surface area contributed by atoms with Gasteiger partial charge in [-0.1, -0.05) is 23.7 Å². The third-order valence-corrected chi connectivity index (χ3v) is 2.98. The first kappa shape index (κ1) is 11.9. The van der Waals surface area contributed by atoms with Gasteiger partial charge in [-0.05, 0) is 24.1 Å². The average Bonchev–Trinajstić information content (AvgIpc) is 2.30. The summed E-state index contributed by atoms with van der Waals surface area (Å²) in [6, 6.07) is 7.24. The summed E-state index contributed by atoms with van der Waals surface area (Å²) in [5.41, 5.74) is 1.12. The fraction of sp³-hybridized carbons (Fsp3) is 0.333. The number of urea groups is 1. The van der Waals surface area contributed by atoms with Crippen molar-refractivity contribution in [2.45, 2.75) is 12.8 Å². The molecule has 0 spiro atoms. The molecular formula is C12H13ClN2O2. The van der Waals surface area contributed by atoms with E-state index in [1.54, 1.807) is 4.90 Å². The van der Waals surface area contributed by atoms with Crippen molar-refractivity contribution in [3.8, 4) is 0 Å². The topological polar surface area (TPSA) is 49.4 Å². The van der Waals surface area contributed by atoms with Crippen molar-refractivity contribution in [2.24, 2.45) is 0 Å². The Morgan fingerprint density at radius 1 is 1.24 bits per heavy atom. The Morgan fingerprint density at radius 2 is 1.94 bits per heavy atom. The molecule has 0 aromatic heterocycles. The van der Waals surface area contributed by atoms with Crippen LogP contribution in [0, 0.1) is 0 Å². The van der Waals surface area contributed by atoms with Crippen molar-refractivity contribution >= 4 is 23.5 Å². The van der Waals surface area contributed by atoms with Gasteiger partial charge in [0.25, 0.3) is 0 Å². The fourth-order valence-electron chi connectivity index (χ4n) is 1.73. The molecule has 0 unspecified atom stereocenters. The zero-order chi connectivity index (χ0) is 12.3. The number of rotatable bonds is 3. The molecule has 0 aliphatic carbocycles. The van der Waals surface area contributed by atoms with E-state index in [-0.39, 0.29) is 11.9 Å². The first-order valence-corrected chi connectivity index (χ1v) is 5.86. The van der Waals surface area contributed by atoms with Crippen LogP contribution in [0.2, 0.25) is 5.02 Å². The van der Waals surface area contributed by atoms with E-state index in [2.05, 4.69) is 5.32 Å². The van der Waals surface area contributed by atoms with Crippen LogP contribution in [0.15, 0.2) is 24.3 Å². The molecule has 5 heteroatoms. The van der Waals surface area contributed by atoms with Crippen LogP contribution in [0.1, 0.15) is 12.0 Å². The minimum absolute atomic E-state index is 0.197. The zero-order valence-electron chi connectivity index (χ0n) is 9.28. The lowest BCUT2D eigenvalue weighted by atomic mass is 10.1. The van der Waals surface area contributed by atoms with Gasteiger partial charge in [0.15, 0.2) is 0 Å². The van der Waals surface area contributed by atoms with E-state index in [0.29, 0.717) is 24.5 Å². The second-order valence-electron chi connectivity index (χ2n) is 3.97. The Kier molecular flexibility index (Phi) is 3.64. The molecule has 1 aliphatic heterocycles. The molecule has 2 rings (SSSR count). The summed E-state index contributed by atoms with van der Waals surface area (Å²) in [4.78, 5) is 24.1. The monoisotopic (exact) mass is 252 g/mol. The number of imide groups is 1. The van der Waals surface area contributed by atoms with Gasteiger partial charge in [0.1, 0.15) is 0 Å². The Morgan fingerprint density at radius 3 is 2.59 bits per heavy atom. The number of nitrogens with zero attached hydrogens (tertiary/aromatic N) is 1. The molecule has 1 heterocycles. The molecule has 4 nitrogen and oxygen atoms in total. The molecule has 0 radical (unpaired) electrons. The lowest BCUT2D eigenvalue weighted by Gasteiger charge is -2.26. The molecule has 1 aromatic rings. The number of carbonyl (C=O) groups excluding carboxylic acids is 2. The summed E-state index contributed by atoms with van der Waals surface area (Å²) in [6.45, 7) is 1.11. The van der Waals surface area contributed by atoms with Crippen LogP contribution in [-0.4, -0.2) is 29.9 Å². The van der Waals surface area contributed by atoms with Gasteiger partial charge in [-0.2, -0.15) is 0 Å². The number of amides is 3. The van der Waals surface area contributed by atoms with E-state index in [9.17, 15) is 9.59 Å². The van der Waals surface area contributed by atoms with E-state index in [1.165, 1.54) is 0 Å². The van der Waals surface area contributed by atoms with Gasteiger partial charge in [0.05, 0.1) is 0 Å². The van der Waals surface area contributed by atoms with Gasteiger partial charge in [-0.3, -0.25) is 10.1 Å². The van der Waals surface area contributed by atoms with Crippen LogP contribution in [0.5, 0.6) is 0 Å². The van der Waals surface area contributed by atoms with Gasteiger partial charge in [0.2, 0.25) is 5.91 Å². The number of hydrogen-bond donors (Lipinski definition) is 1. The molecule has 0 saturated carbocycles. The Hall–Kier alpha value is -1.55. The third-order valence-electron chi connectivity index (χ3n) is 2.73. The number of nitrogens with one attached hydrogen (secondary N) is 1. The van der Waals surface area contributed by atoms with Gasteiger partial charge in [0, 0.05) is 24.5 Å². The number of carbonyl (C=O) groups is 2. The highest BCUT2D eigenvalue weighted by molar-refractivity contribution is 6.30. The van der Waals surface area contributed by atoms with Gasteiger partial charge < -0.3 is 4.90 Å². The molecule has 1 aliphatic rings. The Bertz CT molecular complexity index is 431. The van der Waals surface area contributed by atoms with Crippen molar-refractivity contribution in [3.05, 3.63) is 34.9 Å².